The van der Waals surface area contributed by atoms with Crippen molar-refractivity contribution in [1.29, 1.82) is 0 Å². The fourth-order valence-electron chi connectivity index (χ4n) is 4.77. The monoisotopic (exact) mass is 598 g/mol. The molecule has 0 aliphatic carbocycles. The van der Waals surface area contributed by atoms with Gasteiger partial charge < -0.3 is 15.1 Å². The van der Waals surface area contributed by atoms with Gasteiger partial charge in [0.05, 0.1) is 10.6 Å². The number of piperazine rings is 1. The van der Waals surface area contributed by atoms with Gasteiger partial charge in [0.1, 0.15) is 0 Å². The highest BCUT2D eigenvalue weighted by molar-refractivity contribution is 7.92. The van der Waals surface area contributed by atoms with E-state index in [0.29, 0.717) is 55.0 Å². The van der Waals surface area contributed by atoms with Crippen LogP contribution in [0.15, 0.2) is 90.0 Å². The minimum Gasteiger partial charge on any atom is -0.339 e. The van der Waals surface area contributed by atoms with Crippen LogP contribution >= 0.6 is 0 Å². The number of nitrogens with zero attached hydrogens (tertiary/aromatic N) is 4. The van der Waals surface area contributed by atoms with E-state index in [-0.39, 0.29) is 16.7 Å². The van der Waals surface area contributed by atoms with Gasteiger partial charge in [-0.25, -0.2) is 18.4 Å². The summed E-state index contributed by atoms with van der Waals surface area (Å²) in [4.78, 5) is 37.1. The van der Waals surface area contributed by atoms with Crippen LogP contribution in [0.3, 0.4) is 0 Å². The van der Waals surface area contributed by atoms with E-state index in [4.69, 9.17) is 0 Å². The minimum atomic E-state index is -3.72. The third-order valence-corrected chi connectivity index (χ3v) is 8.74. The first-order valence-electron chi connectivity index (χ1n) is 14.1. The van der Waals surface area contributed by atoms with Crippen LogP contribution < -0.4 is 10.0 Å². The van der Waals surface area contributed by atoms with Gasteiger partial charge in [0.15, 0.2) is 0 Å². The topological polar surface area (TPSA) is 125 Å². The molecule has 1 aliphatic rings. The molecule has 2 amide bonds. The summed E-state index contributed by atoms with van der Waals surface area (Å²) in [5.74, 6) is 0.658. The maximum absolute atomic E-state index is 12.9. The van der Waals surface area contributed by atoms with Gasteiger partial charge in [-0.15, -0.1) is 0 Å². The molecule has 0 bridgehead atoms. The number of carbonyl (C=O) groups is 2. The van der Waals surface area contributed by atoms with Crippen molar-refractivity contribution in [3.05, 3.63) is 96.2 Å². The van der Waals surface area contributed by atoms with E-state index in [1.54, 1.807) is 89.7 Å². The van der Waals surface area contributed by atoms with E-state index in [1.807, 2.05) is 12.1 Å². The smallest absolute Gasteiger partial charge is 0.261 e. The second-order valence-electron chi connectivity index (χ2n) is 10.7. The Morgan fingerprint density at radius 1 is 0.791 bits per heavy atom. The Bertz CT molecular complexity index is 1700. The van der Waals surface area contributed by atoms with Gasteiger partial charge in [0, 0.05) is 61.8 Å². The lowest BCUT2D eigenvalue weighted by Crippen LogP contribution is -2.50. The summed E-state index contributed by atoms with van der Waals surface area (Å²) in [5.41, 5.74) is 4.26. The number of hydrogen-bond acceptors (Lipinski definition) is 7. The molecule has 10 nitrogen and oxygen atoms in total. The van der Waals surface area contributed by atoms with Crippen LogP contribution in [0.2, 0.25) is 0 Å². The summed E-state index contributed by atoms with van der Waals surface area (Å²) < 4.78 is 28.3. The van der Waals surface area contributed by atoms with Gasteiger partial charge in [0.25, 0.3) is 15.9 Å². The highest BCUT2D eigenvalue weighted by atomic mass is 32.2. The summed E-state index contributed by atoms with van der Waals surface area (Å²) in [6.45, 7) is 7.77. The van der Waals surface area contributed by atoms with Gasteiger partial charge in [-0.3, -0.25) is 14.3 Å². The van der Waals surface area contributed by atoms with E-state index in [9.17, 15) is 18.0 Å². The van der Waals surface area contributed by atoms with Gasteiger partial charge >= 0.3 is 0 Å². The molecule has 1 saturated heterocycles. The average molecular weight is 599 g/mol. The van der Waals surface area contributed by atoms with Crippen LogP contribution in [0.25, 0.3) is 11.3 Å². The molecule has 3 aromatic carbocycles. The third-order valence-electron chi connectivity index (χ3n) is 7.35. The molecule has 4 aromatic rings. The quantitative estimate of drug-likeness (QED) is 0.289. The molecule has 43 heavy (non-hydrogen) atoms. The van der Waals surface area contributed by atoms with Crippen LogP contribution in [-0.4, -0.2) is 66.2 Å². The molecule has 0 spiro atoms. The van der Waals surface area contributed by atoms with E-state index in [1.165, 1.54) is 0 Å². The first-order chi connectivity index (χ1) is 20.6. The van der Waals surface area contributed by atoms with Gasteiger partial charge in [-0.05, 0) is 66.1 Å². The van der Waals surface area contributed by atoms with Gasteiger partial charge in [-0.2, -0.15) is 0 Å². The number of anilines is 3. The Labute approximate surface area is 251 Å². The molecule has 2 heterocycles. The highest BCUT2D eigenvalue weighted by Crippen LogP contribution is 2.24. The Morgan fingerprint density at radius 2 is 1.40 bits per heavy atom. The van der Waals surface area contributed by atoms with Gasteiger partial charge in [0.2, 0.25) is 11.9 Å². The predicted octanol–water partition coefficient (Wildman–Crippen LogP) is 5.12. The van der Waals surface area contributed by atoms with Crippen molar-refractivity contribution < 1.29 is 18.0 Å². The van der Waals surface area contributed by atoms with Crippen LogP contribution in [0.5, 0.6) is 0 Å². The Balaban J connectivity index is 1.21. The van der Waals surface area contributed by atoms with E-state index in [0.717, 1.165) is 16.8 Å². The highest BCUT2D eigenvalue weighted by Gasteiger charge is 2.23. The van der Waals surface area contributed by atoms with Crippen molar-refractivity contribution >= 4 is 39.2 Å². The standard InChI is InChI=1S/C32H34N6O4S/c1-22(2)24-8-14-29(15-9-24)43(41,42)36-28-12-4-25(5-13-28)30-16-17-33-32(35-30)34-27-10-6-26(7-11-27)31(40)38-20-18-37(19-21-38)23(3)39/h4-17,22,36H,18-21H2,1-3H3,(H,33,34,35). The summed E-state index contributed by atoms with van der Waals surface area (Å²) in [6, 6.07) is 22.7. The maximum Gasteiger partial charge on any atom is 0.261 e. The molecule has 0 radical (unpaired) electrons. The number of rotatable bonds is 8. The molecule has 11 heteroatoms. The van der Waals surface area contributed by atoms with Crippen molar-refractivity contribution in [2.24, 2.45) is 0 Å². The van der Waals surface area contributed by atoms with Crippen LogP contribution in [0, 0.1) is 0 Å². The lowest BCUT2D eigenvalue weighted by atomic mass is 10.0. The lowest BCUT2D eigenvalue weighted by molar-refractivity contribution is -0.130. The summed E-state index contributed by atoms with van der Waals surface area (Å²) in [7, 11) is -3.72. The Morgan fingerprint density at radius 3 is 2.00 bits per heavy atom. The Kier molecular flexibility index (Phi) is 8.72. The van der Waals surface area contributed by atoms with Crippen molar-refractivity contribution in [3.63, 3.8) is 0 Å². The van der Waals surface area contributed by atoms with Crippen LogP contribution in [0.1, 0.15) is 42.6 Å². The predicted molar refractivity (Wildman–Crippen MR) is 167 cm³/mol. The molecule has 222 valence electrons. The van der Waals surface area contributed by atoms with Gasteiger partial charge in [-0.1, -0.05) is 38.1 Å². The molecule has 0 unspecified atom stereocenters. The largest absolute Gasteiger partial charge is 0.339 e. The maximum atomic E-state index is 12.9. The van der Waals surface area contributed by atoms with Crippen LogP contribution in [0.4, 0.5) is 17.3 Å². The van der Waals surface area contributed by atoms with E-state index < -0.39 is 10.0 Å². The summed E-state index contributed by atoms with van der Waals surface area (Å²) in [5, 5.41) is 3.17. The average Bonchev–Trinajstić information content (AvgIpc) is 3.01. The first-order valence-corrected chi connectivity index (χ1v) is 15.6. The molecule has 1 fully saturated rings. The number of benzene rings is 3. The number of aromatic nitrogens is 2. The van der Waals surface area contributed by atoms with E-state index >= 15 is 0 Å². The molecule has 1 aromatic heterocycles. The van der Waals surface area contributed by atoms with E-state index in [2.05, 4.69) is 33.9 Å². The summed E-state index contributed by atoms with van der Waals surface area (Å²) >= 11 is 0. The SMILES string of the molecule is CC(=O)N1CCN(C(=O)c2ccc(Nc3nccc(-c4ccc(NS(=O)(=O)c5ccc(C(C)C)cc5)cc4)n3)cc2)CC1. The molecular formula is C32H34N6O4S. The molecule has 0 atom stereocenters. The normalized spacial score (nSPS) is 13.6. The minimum absolute atomic E-state index is 0.0252. The summed E-state index contributed by atoms with van der Waals surface area (Å²) in [6.07, 6.45) is 1.64. The number of amides is 2. The number of hydrogen-bond donors (Lipinski definition) is 2. The fourth-order valence-corrected chi connectivity index (χ4v) is 5.83. The second-order valence-corrected chi connectivity index (χ2v) is 12.4. The molecule has 0 saturated carbocycles. The molecule has 2 N–H and O–H groups in total. The zero-order valence-corrected chi connectivity index (χ0v) is 25.1. The molecular weight excluding hydrogens is 564 g/mol. The number of carbonyl (C=O) groups excluding carboxylic acids is 2. The Hall–Kier alpha value is -4.77. The molecule has 5 rings (SSSR count). The number of sulfonamides is 1. The van der Waals surface area contributed by atoms with Crippen molar-refractivity contribution in [1.82, 2.24) is 19.8 Å². The zero-order chi connectivity index (χ0) is 30.6. The number of nitrogens with one attached hydrogen (secondary N) is 2. The second kappa shape index (κ2) is 12.6. The first kappa shape index (κ1) is 29.7. The lowest BCUT2D eigenvalue weighted by Gasteiger charge is -2.34. The van der Waals surface area contributed by atoms with Crippen molar-refractivity contribution in [3.8, 4) is 11.3 Å². The third kappa shape index (κ3) is 7.18. The van der Waals surface area contributed by atoms with Crippen LogP contribution in [-0.2, 0) is 14.8 Å². The molecule has 1 aliphatic heterocycles. The van der Waals surface area contributed by atoms with Crippen molar-refractivity contribution in [2.45, 2.75) is 31.6 Å². The zero-order valence-electron chi connectivity index (χ0n) is 24.3. The van der Waals surface area contributed by atoms with Crippen molar-refractivity contribution in [2.75, 3.05) is 36.2 Å². The fraction of sp³-hybridized carbons (Fsp3) is 0.250.